The normalized spacial score (nSPS) is 12.5. The molecule has 0 fully saturated rings. The van der Waals surface area contributed by atoms with Crippen LogP contribution in [-0.4, -0.2) is 32.0 Å². The first-order valence-electron chi connectivity index (χ1n) is 9.25. The van der Waals surface area contributed by atoms with E-state index in [1.165, 1.54) is 0 Å². The molecule has 0 N–H and O–H groups in total. The highest BCUT2D eigenvalue weighted by atomic mass is 32.2. The number of benzene rings is 2. The standard InChI is InChI=1S/C21H21FN4O2S/c1-3-4-13-26(2)21-20(24-17-7-5-6-8-18(17)25-21)19(14-23)29(27,28)16-11-9-15(22)10-12-16/h5-12,19H,3-4,13H2,1-2H3/t19-/m0/s1. The van der Waals surface area contributed by atoms with Crippen LogP contribution in [0.15, 0.2) is 53.4 Å². The summed E-state index contributed by atoms with van der Waals surface area (Å²) in [5.74, 6) is -0.197. The number of nitrogens with zero attached hydrogens (tertiary/aromatic N) is 4. The predicted molar refractivity (Wildman–Crippen MR) is 110 cm³/mol. The van der Waals surface area contributed by atoms with E-state index in [4.69, 9.17) is 0 Å². The van der Waals surface area contributed by atoms with Gasteiger partial charge in [-0.2, -0.15) is 5.26 Å². The molecule has 3 rings (SSSR count). The van der Waals surface area contributed by atoms with E-state index in [1.54, 1.807) is 25.2 Å². The first-order chi connectivity index (χ1) is 13.9. The summed E-state index contributed by atoms with van der Waals surface area (Å²) < 4.78 is 39.6. The minimum absolute atomic E-state index is 0.0779. The molecule has 1 aromatic heterocycles. The van der Waals surface area contributed by atoms with Gasteiger partial charge in [0.25, 0.3) is 0 Å². The molecule has 3 aromatic rings. The van der Waals surface area contributed by atoms with Crippen molar-refractivity contribution >= 4 is 26.7 Å². The third kappa shape index (κ3) is 4.20. The Morgan fingerprint density at radius 3 is 2.31 bits per heavy atom. The van der Waals surface area contributed by atoms with Gasteiger partial charge in [-0.3, -0.25) is 0 Å². The highest BCUT2D eigenvalue weighted by Gasteiger charge is 2.34. The van der Waals surface area contributed by atoms with Crippen LogP contribution in [0.1, 0.15) is 30.7 Å². The molecule has 1 heterocycles. The SMILES string of the molecule is CCCCN(C)c1nc2ccccc2nc1[C@H](C#N)S(=O)(=O)c1ccc(F)cc1. The number of para-hydroxylation sites is 2. The van der Waals surface area contributed by atoms with E-state index >= 15 is 0 Å². The average molecular weight is 412 g/mol. The molecular formula is C21H21FN4O2S. The van der Waals surface area contributed by atoms with Gasteiger partial charge in [0, 0.05) is 13.6 Å². The number of rotatable bonds is 7. The number of halogens is 1. The topological polar surface area (TPSA) is 86.9 Å². The lowest BCUT2D eigenvalue weighted by Crippen LogP contribution is -2.24. The molecule has 0 unspecified atom stereocenters. The minimum Gasteiger partial charge on any atom is -0.358 e. The zero-order valence-electron chi connectivity index (χ0n) is 16.2. The second-order valence-electron chi connectivity index (χ2n) is 6.70. The summed E-state index contributed by atoms with van der Waals surface area (Å²) in [6, 6.07) is 13.4. The quantitative estimate of drug-likeness (QED) is 0.544. The van der Waals surface area contributed by atoms with Gasteiger partial charge in [0.15, 0.2) is 11.1 Å². The molecule has 0 aliphatic carbocycles. The van der Waals surface area contributed by atoms with Gasteiger partial charge in [-0.05, 0) is 42.8 Å². The number of anilines is 1. The van der Waals surface area contributed by atoms with Crippen molar-refractivity contribution in [1.29, 1.82) is 5.26 Å². The van der Waals surface area contributed by atoms with Crippen molar-refractivity contribution in [2.45, 2.75) is 29.9 Å². The van der Waals surface area contributed by atoms with Gasteiger partial charge in [-0.25, -0.2) is 22.8 Å². The molecule has 0 saturated carbocycles. The largest absolute Gasteiger partial charge is 0.358 e. The summed E-state index contributed by atoms with van der Waals surface area (Å²) in [5, 5.41) is 8.23. The lowest BCUT2D eigenvalue weighted by Gasteiger charge is -2.23. The zero-order valence-corrected chi connectivity index (χ0v) is 17.0. The van der Waals surface area contributed by atoms with E-state index in [0.717, 1.165) is 37.1 Å². The Morgan fingerprint density at radius 2 is 1.72 bits per heavy atom. The van der Waals surface area contributed by atoms with Gasteiger partial charge in [0.1, 0.15) is 11.5 Å². The number of fused-ring (bicyclic) bond motifs is 1. The van der Waals surface area contributed by atoms with E-state index in [2.05, 4.69) is 16.9 Å². The van der Waals surface area contributed by atoms with Crippen molar-refractivity contribution in [3.63, 3.8) is 0 Å². The number of sulfone groups is 1. The monoisotopic (exact) mass is 412 g/mol. The van der Waals surface area contributed by atoms with Crippen molar-refractivity contribution in [2.24, 2.45) is 0 Å². The van der Waals surface area contributed by atoms with Crippen molar-refractivity contribution in [3.05, 3.63) is 60.0 Å². The number of hydrogen-bond donors (Lipinski definition) is 0. The van der Waals surface area contributed by atoms with Crippen LogP contribution < -0.4 is 4.90 Å². The third-order valence-corrected chi connectivity index (χ3v) is 6.48. The Labute approximate surface area is 169 Å². The molecule has 0 bridgehead atoms. The van der Waals surface area contributed by atoms with Gasteiger partial charge in [0.05, 0.1) is 22.0 Å². The fraction of sp³-hybridized carbons (Fsp3) is 0.286. The fourth-order valence-electron chi connectivity index (χ4n) is 3.00. The number of hydrogen-bond acceptors (Lipinski definition) is 6. The smallest absolute Gasteiger partial charge is 0.200 e. The van der Waals surface area contributed by atoms with E-state index in [1.807, 2.05) is 17.0 Å². The molecule has 2 aromatic carbocycles. The van der Waals surface area contributed by atoms with Gasteiger partial charge < -0.3 is 4.90 Å². The lowest BCUT2D eigenvalue weighted by molar-refractivity contribution is 0.588. The Morgan fingerprint density at radius 1 is 1.10 bits per heavy atom. The van der Waals surface area contributed by atoms with Crippen LogP contribution >= 0.6 is 0 Å². The maximum atomic E-state index is 13.3. The van der Waals surface area contributed by atoms with Crippen molar-refractivity contribution in [2.75, 3.05) is 18.5 Å². The molecule has 0 amide bonds. The summed E-state index contributed by atoms with van der Waals surface area (Å²) >= 11 is 0. The number of unbranched alkanes of at least 4 members (excludes halogenated alkanes) is 1. The maximum absolute atomic E-state index is 13.3. The third-order valence-electron chi connectivity index (χ3n) is 4.60. The number of nitriles is 1. The molecular weight excluding hydrogens is 391 g/mol. The minimum atomic E-state index is -4.12. The first-order valence-corrected chi connectivity index (χ1v) is 10.8. The summed E-state index contributed by atoms with van der Waals surface area (Å²) in [5.41, 5.74) is 1.20. The Balaban J connectivity index is 2.19. The van der Waals surface area contributed by atoms with Crippen LogP contribution in [0, 0.1) is 17.1 Å². The van der Waals surface area contributed by atoms with Crippen molar-refractivity contribution in [3.8, 4) is 6.07 Å². The van der Waals surface area contributed by atoms with Crippen LogP contribution in [0.3, 0.4) is 0 Å². The zero-order chi connectivity index (χ0) is 21.0. The molecule has 0 spiro atoms. The van der Waals surface area contributed by atoms with Crippen molar-refractivity contribution < 1.29 is 12.8 Å². The van der Waals surface area contributed by atoms with Gasteiger partial charge in [-0.1, -0.05) is 25.5 Å². The fourth-order valence-corrected chi connectivity index (χ4v) is 4.38. The van der Waals surface area contributed by atoms with Gasteiger partial charge in [-0.15, -0.1) is 0 Å². The predicted octanol–water partition coefficient (Wildman–Crippen LogP) is 4.04. The molecule has 0 aliphatic rings. The van der Waals surface area contributed by atoms with Crippen LogP contribution in [0.5, 0.6) is 0 Å². The highest BCUT2D eigenvalue weighted by molar-refractivity contribution is 7.92. The maximum Gasteiger partial charge on any atom is 0.200 e. The molecule has 0 saturated heterocycles. The Hall–Kier alpha value is -3.05. The van der Waals surface area contributed by atoms with E-state index in [9.17, 15) is 18.1 Å². The lowest BCUT2D eigenvalue weighted by atomic mass is 10.2. The Bertz CT molecular complexity index is 1160. The molecule has 29 heavy (non-hydrogen) atoms. The molecule has 0 aliphatic heterocycles. The highest BCUT2D eigenvalue weighted by Crippen LogP contribution is 2.33. The second-order valence-corrected chi connectivity index (χ2v) is 8.74. The summed E-state index contributed by atoms with van der Waals surface area (Å²) in [7, 11) is -2.32. The molecule has 0 radical (unpaired) electrons. The summed E-state index contributed by atoms with van der Waals surface area (Å²) in [6.07, 6.45) is 1.84. The summed E-state index contributed by atoms with van der Waals surface area (Å²) in [6.45, 7) is 2.70. The van der Waals surface area contributed by atoms with Crippen LogP contribution in [0.2, 0.25) is 0 Å². The van der Waals surface area contributed by atoms with E-state index in [-0.39, 0.29) is 10.6 Å². The second kappa shape index (κ2) is 8.53. The molecule has 8 heteroatoms. The van der Waals surface area contributed by atoms with Crippen LogP contribution in [-0.2, 0) is 9.84 Å². The van der Waals surface area contributed by atoms with E-state index in [0.29, 0.717) is 23.4 Å². The van der Waals surface area contributed by atoms with E-state index < -0.39 is 20.9 Å². The molecule has 1 atom stereocenters. The molecule has 6 nitrogen and oxygen atoms in total. The Kier molecular flexibility index (Phi) is 6.09. The molecule has 150 valence electrons. The summed E-state index contributed by atoms with van der Waals surface area (Å²) in [4.78, 5) is 10.8. The van der Waals surface area contributed by atoms with Crippen LogP contribution in [0.4, 0.5) is 10.2 Å². The number of aromatic nitrogens is 2. The van der Waals surface area contributed by atoms with Gasteiger partial charge >= 0.3 is 0 Å². The average Bonchev–Trinajstić information content (AvgIpc) is 2.72. The van der Waals surface area contributed by atoms with Gasteiger partial charge in [0.2, 0.25) is 9.84 Å². The first kappa shape index (κ1) is 20.7. The van der Waals surface area contributed by atoms with Crippen LogP contribution in [0.25, 0.3) is 11.0 Å². The van der Waals surface area contributed by atoms with Crippen molar-refractivity contribution in [1.82, 2.24) is 9.97 Å².